The molecule has 0 aliphatic carbocycles. The highest BCUT2D eigenvalue weighted by molar-refractivity contribution is 9.10. The highest BCUT2D eigenvalue weighted by Crippen LogP contribution is 2.33. The van der Waals surface area contributed by atoms with Crippen LogP contribution in [0.3, 0.4) is 0 Å². The molecule has 0 unspecified atom stereocenters. The summed E-state index contributed by atoms with van der Waals surface area (Å²) < 4.78 is 34.6. The average Bonchev–Trinajstić information content (AvgIpc) is 2.57. The highest BCUT2D eigenvalue weighted by Gasteiger charge is 2.12. The number of rotatable bonds is 6. The third-order valence-electron chi connectivity index (χ3n) is 3.65. The lowest BCUT2D eigenvalue weighted by Crippen LogP contribution is -2.04. The molecule has 3 aromatic rings. The van der Waals surface area contributed by atoms with Crippen molar-refractivity contribution in [2.75, 3.05) is 6.26 Å². The molecule has 0 radical (unpaired) electrons. The molecule has 6 heteroatoms. The van der Waals surface area contributed by atoms with Gasteiger partial charge in [0.25, 0.3) is 10.1 Å². The van der Waals surface area contributed by atoms with Gasteiger partial charge in [-0.15, -0.1) is 0 Å². The number of fused-ring (bicyclic) bond motifs is 1. The maximum Gasteiger partial charge on any atom is 0.264 e. The fourth-order valence-electron chi connectivity index (χ4n) is 2.58. The highest BCUT2D eigenvalue weighted by atomic mass is 79.9. The van der Waals surface area contributed by atoms with Crippen LogP contribution in [-0.2, 0) is 27.5 Å². The zero-order valence-corrected chi connectivity index (χ0v) is 16.0. The second-order valence-corrected chi connectivity index (χ2v) is 8.22. The van der Waals surface area contributed by atoms with E-state index in [0.29, 0.717) is 12.4 Å². The Morgan fingerprint density at radius 1 is 0.960 bits per heavy atom. The molecule has 3 rings (SSSR count). The summed E-state index contributed by atoms with van der Waals surface area (Å²) in [5.74, 6) is 0.695. The van der Waals surface area contributed by atoms with E-state index in [0.717, 1.165) is 32.6 Å². The Labute approximate surface area is 155 Å². The van der Waals surface area contributed by atoms with Gasteiger partial charge in [0.1, 0.15) is 12.4 Å². The lowest BCUT2D eigenvalue weighted by Gasteiger charge is -2.14. The van der Waals surface area contributed by atoms with Crippen molar-refractivity contribution in [1.82, 2.24) is 0 Å². The molecular weight excluding hydrogens is 404 g/mol. The number of halogens is 1. The second kappa shape index (κ2) is 7.56. The Morgan fingerprint density at radius 3 is 2.44 bits per heavy atom. The summed E-state index contributed by atoms with van der Waals surface area (Å²) in [4.78, 5) is 0. The van der Waals surface area contributed by atoms with Crippen LogP contribution in [0.15, 0.2) is 65.1 Å². The monoisotopic (exact) mass is 420 g/mol. The van der Waals surface area contributed by atoms with Crippen LogP contribution in [0.1, 0.15) is 11.1 Å². The van der Waals surface area contributed by atoms with E-state index in [-0.39, 0.29) is 6.61 Å². The van der Waals surface area contributed by atoms with Crippen molar-refractivity contribution in [3.05, 3.63) is 76.3 Å². The van der Waals surface area contributed by atoms with Gasteiger partial charge in [-0.2, -0.15) is 8.42 Å². The fourth-order valence-corrected chi connectivity index (χ4v) is 3.44. The van der Waals surface area contributed by atoms with Crippen LogP contribution < -0.4 is 4.74 Å². The standard InChI is InChI=1S/C19H17BrO4S/c1-25(21,22)24-13-16-11-17(20)10-15-8-5-9-18(19(15)16)23-12-14-6-3-2-4-7-14/h2-11H,12-13H2,1H3. The third-order valence-corrected chi connectivity index (χ3v) is 4.65. The summed E-state index contributed by atoms with van der Waals surface area (Å²) in [6.07, 6.45) is 1.04. The van der Waals surface area contributed by atoms with Gasteiger partial charge in [0.05, 0.1) is 12.9 Å². The van der Waals surface area contributed by atoms with Crippen LogP contribution >= 0.6 is 15.9 Å². The molecule has 0 saturated carbocycles. The van der Waals surface area contributed by atoms with Gasteiger partial charge in [-0.05, 0) is 34.7 Å². The molecule has 3 aromatic carbocycles. The fraction of sp³-hybridized carbons (Fsp3) is 0.158. The van der Waals surface area contributed by atoms with Gasteiger partial charge < -0.3 is 4.74 Å². The average molecular weight is 421 g/mol. The molecule has 0 fully saturated rings. The summed E-state index contributed by atoms with van der Waals surface area (Å²) in [5, 5.41) is 1.80. The summed E-state index contributed by atoms with van der Waals surface area (Å²) in [5.41, 5.74) is 1.81. The van der Waals surface area contributed by atoms with E-state index >= 15 is 0 Å². The summed E-state index contributed by atoms with van der Waals surface area (Å²) in [6, 6.07) is 19.4. The van der Waals surface area contributed by atoms with Crippen molar-refractivity contribution in [3.8, 4) is 5.75 Å². The smallest absolute Gasteiger partial charge is 0.264 e. The summed E-state index contributed by atoms with van der Waals surface area (Å²) in [6.45, 7) is 0.392. The quantitative estimate of drug-likeness (QED) is 0.544. The Balaban J connectivity index is 1.97. The molecule has 130 valence electrons. The SMILES string of the molecule is CS(=O)(=O)OCc1cc(Br)cc2cccc(OCc3ccccc3)c12. The number of hydrogen-bond acceptors (Lipinski definition) is 4. The minimum absolute atomic E-state index is 0.0412. The first-order chi connectivity index (χ1) is 11.9. The van der Waals surface area contributed by atoms with Gasteiger partial charge in [0.15, 0.2) is 0 Å². The molecular formula is C19H17BrO4S. The zero-order valence-electron chi connectivity index (χ0n) is 13.6. The first kappa shape index (κ1) is 17.9. The van der Waals surface area contributed by atoms with Crippen LogP contribution in [0.4, 0.5) is 0 Å². The maximum atomic E-state index is 11.4. The molecule has 0 aliphatic heterocycles. The lowest BCUT2D eigenvalue weighted by molar-refractivity contribution is 0.304. The van der Waals surface area contributed by atoms with Gasteiger partial charge in [-0.3, -0.25) is 4.18 Å². The molecule has 0 heterocycles. The molecule has 0 atom stereocenters. The molecule has 0 aromatic heterocycles. The Morgan fingerprint density at radius 2 is 1.72 bits per heavy atom. The molecule has 0 spiro atoms. The van der Waals surface area contributed by atoms with Crippen LogP contribution in [0.25, 0.3) is 10.8 Å². The first-order valence-corrected chi connectivity index (χ1v) is 10.3. The Hall–Kier alpha value is -1.89. The molecule has 0 amide bonds. The van der Waals surface area contributed by atoms with Crippen molar-refractivity contribution in [3.63, 3.8) is 0 Å². The molecule has 25 heavy (non-hydrogen) atoms. The van der Waals surface area contributed by atoms with E-state index in [1.54, 1.807) is 0 Å². The van der Waals surface area contributed by atoms with Crippen molar-refractivity contribution < 1.29 is 17.3 Å². The molecule has 0 bridgehead atoms. The molecule has 0 saturated heterocycles. The number of hydrogen-bond donors (Lipinski definition) is 0. The predicted molar refractivity (Wildman–Crippen MR) is 102 cm³/mol. The minimum Gasteiger partial charge on any atom is -0.488 e. The van der Waals surface area contributed by atoms with Crippen LogP contribution in [0, 0.1) is 0 Å². The predicted octanol–water partition coefficient (Wildman–Crippen LogP) is 4.66. The van der Waals surface area contributed by atoms with Crippen molar-refractivity contribution >= 4 is 36.8 Å². The van der Waals surface area contributed by atoms with Crippen molar-refractivity contribution in [2.45, 2.75) is 13.2 Å². The first-order valence-electron chi connectivity index (χ1n) is 7.65. The summed E-state index contributed by atoms with van der Waals surface area (Å²) in [7, 11) is -3.53. The van der Waals surface area contributed by atoms with Crippen LogP contribution in [-0.4, -0.2) is 14.7 Å². The van der Waals surface area contributed by atoms with Gasteiger partial charge in [-0.1, -0.05) is 58.4 Å². The molecule has 0 aliphatic rings. The lowest BCUT2D eigenvalue weighted by atomic mass is 10.0. The molecule has 4 nitrogen and oxygen atoms in total. The maximum absolute atomic E-state index is 11.4. The van der Waals surface area contributed by atoms with Gasteiger partial charge in [0.2, 0.25) is 0 Å². The van der Waals surface area contributed by atoms with E-state index in [1.165, 1.54) is 0 Å². The minimum atomic E-state index is -3.53. The van der Waals surface area contributed by atoms with Gasteiger partial charge in [0, 0.05) is 9.86 Å². The normalized spacial score (nSPS) is 11.6. The van der Waals surface area contributed by atoms with Crippen molar-refractivity contribution in [2.24, 2.45) is 0 Å². The largest absolute Gasteiger partial charge is 0.488 e. The number of ether oxygens (including phenoxy) is 1. The molecule has 0 N–H and O–H groups in total. The van der Waals surface area contributed by atoms with Crippen molar-refractivity contribution in [1.29, 1.82) is 0 Å². The van der Waals surface area contributed by atoms with E-state index in [9.17, 15) is 8.42 Å². The third kappa shape index (κ3) is 4.81. The van der Waals surface area contributed by atoms with E-state index in [4.69, 9.17) is 8.92 Å². The van der Waals surface area contributed by atoms with Crippen LogP contribution in [0.2, 0.25) is 0 Å². The van der Waals surface area contributed by atoms with E-state index in [2.05, 4.69) is 15.9 Å². The van der Waals surface area contributed by atoms with E-state index < -0.39 is 10.1 Å². The zero-order chi connectivity index (χ0) is 17.9. The number of benzene rings is 3. The second-order valence-electron chi connectivity index (χ2n) is 5.66. The summed E-state index contributed by atoms with van der Waals surface area (Å²) >= 11 is 3.46. The Bertz CT molecular complexity index is 985. The Kier molecular flexibility index (Phi) is 5.42. The van der Waals surface area contributed by atoms with E-state index in [1.807, 2.05) is 60.7 Å². The van der Waals surface area contributed by atoms with Crippen LogP contribution in [0.5, 0.6) is 5.75 Å². The van der Waals surface area contributed by atoms with Gasteiger partial charge >= 0.3 is 0 Å². The van der Waals surface area contributed by atoms with Gasteiger partial charge in [-0.25, -0.2) is 0 Å². The topological polar surface area (TPSA) is 52.6 Å².